The van der Waals surface area contributed by atoms with E-state index in [1.54, 1.807) is 0 Å². The highest BCUT2D eigenvalue weighted by atomic mass is 16.5. The van der Waals surface area contributed by atoms with Crippen LogP contribution in [0.5, 0.6) is 0 Å². The van der Waals surface area contributed by atoms with Gasteiger partial charge in [-0.1, -0.05) is 42.4 Å². The molecule has 0 spiro atoms. The average Bonchev–Trinajstić information content (AvgIpc) is 2.98. The molecular formula is C17H23N3O. The van der Waals surface area contributed by atoms with Crippen molar-refractivity contribution in [3.05, 3.63) is 47.6 Å². The molecular weight excluding hydrogens is 262 g/mol. The van der Waals surface area contributed by atoms with E-state index < -0.39 is 0 Å². The van der Waals surface area contributed by atoms with E-state index in [2.05, 4.69) is 46.6 Å². The molecule has 1 fully saturated rings. The zero-order valence-electron chi connectivity index (χ0n) is 12.6. The minimum atomic E-state index is 0.205. The van der Waals surface area contributed by atoms with Crippen LogP contribution in [0.25, 0.3) is 0 Å². The van der Waals surface area contributed by atoms with Gasteiger partial charge in [0.15, 0.2) is 5.82 Å². The molecule has 0 saturated carbocycles. The summed E-state index contributed by atoms with van der Waals surface area (Å²) in [5, 5.41) is 7.63. The van der Waals surface area contributed by atoms with Gasteiger partial charge in [0.1, 0.15) is 0 Å². The molecule has 21 heavy (non-hydrogen) atoms. The van der Waals surface area contributed by atoms with Crippen molar-refractivity contribution in [3.8, 4) is 0 Å². The highest BCUT2D eigenvalue weighted by Crippen LogP contribution is 2.26. The number of rotatable bonds is 5. The lowest BCUT2D eigenvalue weighted by Crippen LogP contribution is -2.31. The molecule has 1 saturated heterocycles. The summed E-state index contributed by atoms with van der Waals surface area (Å²) in [5.74, 6) is 2.45. The SMILES string of the molecule is CCC(c1ccccc1)c1nc(CC2CCCNC2)no1. The van der Waals surface area contributed by atoms with Gasteiger partial charge >= 0.3 is 0 Å². The van der Waals surface area contributed by atoms with Gasteiger partial charge in [-0.25, -0.2) is 0 Å². The lowest BCUT2D eigenvalue weighted by molar-refractivity contribution is 0.343. The van der Waals surface area contributed by atoms with Gasteiger partial charge in [0.2, 0.25) is 5.89 Å². The van der Waals surface area contributed by atoms with Gasteiger partial charge < -0.3 is 9.84 Å². The number of hydrogen-bond donors (Lipinski definition) is 1. The third-order valence-corrected chi connectivity index (χ3v) is 4.26. The molecule has 0 amide bonds. The van der Waals surface area contributed by atoms with E-state index in [-0.39, 0.29) is 5.92 Å². The molecule has 4 nitrogen and oxygen atoms in total. The first-order valence-corrected chi connectivity index (χ1v) is 7.95. The molecule has 2 unspecified atom stereocenters. The van der Waals surface area contributed by atoms with Crippen LogP contribution in [-0.4, -0.2) is 23.2 Å². The van der Waals surface area contributed by atoms with Crippen LogP contribution in [0, 0.1) is 5.92 Å². The molecule has 4 heteroatoms. The average molecular weight is 285 g/mol. The van der Waals surface area contributed by atoms with Crippen molar-refractivity contribution in [1.29, 1.82) is 0 Å². The highest BCUT2D eigenvalue weighted by molar-refractivity contribution is 5.24. The van der Waals surface area contributed by atoms with E-state index >= 15 is 0 Å². The monoisotopic (exact) mass is 285 g/mol. The standard InChI is InChI=1S/C17H23N3O/c1-2-15(14-8-4-3-5-9-14)17-19-16(20-21-17)11-13-7-6-10-18-12-13/h3-5,8-9,13,15,18H,2,6-7,10-12H2,1H3. The van der Waals surface area contributed by atoms with E-state index in [1.807, 2.05) is 6.07 Å². The molecule has 1 aromatic heterocycles. The van der Waals surface area contributed by atoms with Crippen LogP contribution < -0.4 is 5.32 Å². The molecule has 0 radical (unpaired) electrons. The second kappa shape index (κ2) is 6.85. The maximum absolute atomic E-state index is 5.53. The number of piperidine rings is 1. The van der Waals surface area contributed by atoms with E-state index in [1.165, 1.54) is 18.4 Å². The van der Waals surface area contributed by atoms with Gasteiger partial charge in [-0.05, 0) is 43.8 Å². The van der Waals surface area contributed by atoms with Gasteiger partial charge in [0, 0.05) is 6.42 Å². The van der Waals surface area contributed by atoms with E-state index in [4.69, 9.17) is 4.52 Å². The van der Waals surface area contributed by atoms with Crippen molar-refractivity contribution in [2.75, 3.05) is 13.1 Å². The normalized spacial score (nSPS) is 20.3. The van der Waals surface area contributed by atoms with Gasteiger partial charge in [0.05, 0.1) is 5.92 Å². The summed E-state index contributed by atoms with van der Waals surface area (Å²) >= 11 is 0. The van der Waals surface area contributed by atoms with E-state index in [0.717, 1.165) is 37.6 Å². The molecule has 1 N–H and O–H groups in total. The minimum Gasteiger partial charge on any atom is -0.339 e. The van der Waals surface area contributed by atoms with Crippen LogP contribution in [0.1, 0.15) is 49.4 Å². The molecule has 2 heterocycles. The number of nitrogens with one attached hydrogen (secondary N) is 1. The number of benzene rings is 1. The fourth-order valence-corrected chi connectivity index (χ4v) is 3.09. The fourth-order valence-electron chi connectivity index (χ4n) is 3.09. The summed E-state index contributed by atoms with van der Waals surface area (Å²) in [4.78, 5) is 4.65. The zero-order chi connectivity index (χ0) is 14.5. The molecule has 3 rings (SSSR count). The number of hydrogen-bond acceptors (Lipinski definition) is 4. The lowest BCUT2D eigenvalue weighted by atomic mass is 9.95. The molecule has 1 aromatic carbocycles. The van der Waals surface area contributed by atoms with Gasteiger partial charge in [-0.2, -0.15) is 4.98 Å². The topological polar surface area (TPSA) is 51.0 Å². The molecule has 0 bridgehead atoms. The number of nitrogens with zero attached hydrogens (tertiary/aromatic N) is 2. The van der Waals surface area contributed by atoms with Gasteiger partial charge in [0.25, 0.3) is 0 Å². The molecule has 0 aliphatic carbocycles. The van der Waals surface area contributed by atoms with Crippen molar-refractivity contribution in [2.24, 2.45) is 5.92 Å². The summed E-state index contributed by atoms with van der Waals surface area (Å²) in [6.45, 7) is 4.37. The summed E-state index contributed by atoms with van der Waals surface area (Å²) in [5.41, 5.74) is 1.24. The third kappa shape index (κ3) is 3.50. The van der Waals surface area contributed by atoms with Crippen LogP contribution in [0.2, 0.25) is 0 Å². The zero-order valence-corrected chi connectivity index (χ0v) is 12.6. The number of aromatic nitrogens is 2. The Morgan fingerprint density at radius 1 is 1.33 bits per heavy atom. The Balaban J connectivity index is 1.71. The largest absolute Gasteiger partial charge is 0.339 e. The molecule has 2 aromatic rings. The summed E-state index contributed by atoms with van der Waals surface area (Å²) in [6.07, 6.45) is 4.39. The van der Waals surface area contributed by atoms with Crippen molar-refractivity contribution < 1.29 is 4.52 Å². The first-order chi connectivity index (χ1) is 10.4. The maximum atomic E-state index is 5.53. The quantitative estimate of drug-likeness (QED) is 0.917. The summed E-state index contributed by atoms with van der Waals surface area (Å²) < 4.78 is 5.53. The second-order valence-electron chi connectivity index (χ2n) is 5.84. The maximum Gasteiger partial charge on any atom is 0.234 e. The predicted octanol–water partition coefficient (Wildman–Crippen LogP) is 3.15. The van der Waals surface area contributed by atoms with Crippen LogP contribution in [-0.2, 0) is 6.42 Å². The van der Waals surface area contributed by atoms with Gasteiger partial charge in [-0.3, -0.25) is 0 Å². The summed E-state index contributed by atoms with van der Waals surface area (Å²) in [6, 6.07) is 10.4. The lowest BCUT2D eigenvalue weighted by Gasteiger charge is -2.21. The Labute approximate surface area is 126 Å². The Kier molecular flexibility index (Phi) is 4.65. The molecule has 2 atom stereocenters. The Morgan fingerprint density at radius 3 is 2.90 bits per heavy atom. The van der Waals surface area contributed by atoms with Gasteiger partial charge in [-0.15, -0.1) is 0 Å². The Hall–Kier alpha value is -1.68. The summed E-state index contributed by atoms with van der Waals surface area (Å²) in [7, 11) is 0. The molecule has 1 aliphatic heterocycles. The highest BCUT2D eigenvalue weighted by Gasteiger charge is 2.21. The van der Waals surface area contributed by atoms with Crippen molar-refractivity contribution >= 4 is 0 Å². The van der Waals surface area contributed by atoms with Crippen LogP contribution in [0.15, 0.2) is 34.9 Å². The Bertz CT molecular complexity index is 546. The molecule has 112 valence electrons. The predicted molar refractivity (Wildman–Crippen MR) is 82.2 cm³/mol. The van der Waals surface area contributed by atoms with Crippen molar-refractivity contribution in [3.63, 3.8) is 0 Å². The van der Waals surface area contributed by atoms with Crippen LogP contribution >= 0.6 is 0 Å². The van der Waals surface area contributed by atoms with Crippen LogP contribution in [0.3, 0.4) is 0 Å². The van der Waals surface area contributed by atoms with Crippen molar-refractivity contribution in [1.82, 2.24) is 15.5 Å². The van der Waals surface area contributed by atoms with E-state index in [9.17, 15) is 0 Å². The van der Waals surface area contributed by atoms with E-state index in [0.29, 0.717) is 5.92 Å². The second-order valence-corrected chi connectivity index (χ2v) is 5.84. The third-order valence-electron chi connectivity index (χ3n) is 4.26. The van der Waals surface area contributed by atoms with Crippen LogP contribution in [0.4, 0.5) is 0 Å². The minimum absolute atomic E-state index is 0.205. The van der Waals surface area contributed by atoms with Crippen molar-refractivity contribution in [2.45, 2.75) is 38.5 Å². The first kappa shape index (κ1) is 14.3. The smallest absolute Gasteiger partial charge is 0.234 e. The Morgan fingerprint density at radius 2 is 2.19 bits per heavy atom. The fraction of sp³-hybridized carbons (Fsp3) is 0.529. The molecule has 1 aliphatic rings. The first-order valence-electron chi connectivity index (χ1n) is 7.95.